The van der Waals surface area contributed by atoms with Gasteiger partial charge in [0.2, 0.25) is 10.0 Å². The lowest BCUT2D eigenvalue weighted by Crippen LogP contribution is -2.26. The zero-order valence-corrected chi connectivity index (χ0v) is 12.4. The summed E-state index contributed by atoms with van der Waals surface area (Å²) < 4.78 is 28.3. The van der Waals surface area contributed by atoms with Gasteiger partial charge in [-0.3, -0.25) is 4.68 Å². The summed E-state index contributed by atoms with van der Waals surface area (Å²) >= 11 is 5.77. The number of nitrogen functional groups attached to an aromatic ring is 1. The van der Waals surface area contributed by atoms with Crippen LogP contribution in [-0.2, 0) is 23.5 Å². The van der Waals surface area contributed by atoms with E-state index in [0.29, 0.717) is 11.4 Å². The van der Waals surface area contributed by atoms with Crippen molar-refractivity contribution in [3.63, 3.8) is 0 Å². The highest BCUT2D eigenvalue weighted by Gasteiger charge is 2.14. The Balaban J connectivity index is 2.02. The summed E-state index contributed by atoms with van der Waals surface area (Å²) in [4.78, 5) is 0.0976. The van der Waals surface area contributed by atoms with E-state index in [4.69, 9.17) is 17.3 Å². The highest BCUT2D eigenvalue weighted by molar-refractivity contribution is 7.89. The third-order valence-corrected chi connectivity index (χ3v) is 4.52. The molecule has 0 spiro atoms. The number of nitrogens with two attached hydrogens (primary N) is 1. The average Bonchev–Trinajstić information content (AvgIpc) is 2.78. The first-order valence-electron chi connectivity index (χ1n) is 5.92. The molecular weight excluding hydrogens is 300 g/mol. The molecule has 0 fully saturated rings. The Morgan fingerprint density at radius 1 is 1.40 bits per heavy atom. The van der Waals surface area contributed by atoms with E-state index in [-0.39, 0.29) is 17.1 Å². The maximum atomic E-state index is 12.1. The highest BCUT2D eigenvalue weighted by Crippen LogP contribution is 2.21. The maximum Gasteiger partial charge on any atom is 0.240 e. The number of sulfonamides is 1. The lowest BCUT2D eigenvalue weighted by molar-refractivity contribution is 0.581. The van der Waals surface area contributed by atoms with Crippen LogP contribution in [0.1, 0.15) is 5.69 Å². The number of benzene rings is 1. The zero-order chi connectivity index (χ0) is 14.8. The Bertz CT molecular complexity index is 712. The molecule has 0 unspecified atom stereocenters. The molecule has 108 valence electrons. The molecule has 2 aromatic rings. The largest absolute Gasteiger partial charge is 0.397 e. The van der Waals surface area contributed by atoms with Crippen molar-refractivity contribution < 1.29 is 8.42 Å². The number of aryl methyl sites for hydroxylation is 1. The number of nitrogens with one attached hydrogen (secondary N) is 1. The van der Waals surface area contributed by atoms with Crippen molar-refractivity contribution in [3.05, 3.63) is 41.2 Å². The number of hydrogen-bond acceptors (Lipinski definition) is 4. The smallest absolute Gasteiger partial charge is 0.240 e. The van der Waals surface area contributed by atoms with Crippen molar-refractivity contribution >= 4 is 27.3 Å². The fourth-order valence-electron chi connectivity index (χ4n) is 1.68. The van der Waals surface area contributed by atoms with E-state index in [1.54, 1.807) is 4.68 Å². The molecular formula is C12H15ClN4O2S. The van der Waals surface area contributed by atoms with Crippen LogP contribution in [0.15, 0.2) is 35.4 Å². The van der Waals surface area contributed by atoms with Gasteiger partial charge in [-0.15, -0.1) is 0 Å². The monoisotopic (exact) mass is 314 g/mol. The predicted octanol–water partition coefficient (Wildman–Crippen LogP) is 1.18. The van der Waals surface area contributed by atoms with Crippen molar-refractivity contribution in [2.45, 2.75) is 11.3 Å². The van der Waals surface area contributed by atoms with Crippen LogP contribution in [0.2, 0.25) is 5.02 Å². The Labute approximate surface area is 122 Å². The minimum atomic E-state index is -3.59. The van der Waals surface area contributed by atoms with Crippen LogP contribution >= 0.6 is 11.6 Å². The van der Waals surface area contributed by atoms with E-state index in [2.05, 4.69) is 9.82 Å². The Morgan fingerprint density at radius 2 is 2.15 bits per heavy atom. The molecule has 0 saturated carbocycles. The fourth-order valence-corrected chi connectivity index (χ4v) is 2.87. The molecule has 0 radical (unpaired) electrons. The minimum Gasteiger partial charge on any atom is -0.397 e. The molecule has 20 heavy (non-hydrogen) atoms. The lowest BCUT2D eigenvalue weighted by atomic mass is 10.3. The van der Waals surface area contributed by atoms with Gasteiger partial charge in [-0.25, -0.2) is 13.1 Å². The summed E-state index contributed by atoms with van der Waals surface area (Å²) in [7, 11) is -1.78. The van der Waals surface area contributed by atoms with Crippen LogP contribution in [0.25, 0.3) is 0 Å². The van der Waals surface area contributed by atoms with Crippen molar-refractivity contribution in [1.82, 2.24) is 14.5 Å². The van der Waals surface area contributed by atoms with Gasteiger partial charge in [0.15, 0.2) is 0 Å². The van der Waals surface area contributed by atoms with Crippen LogP contribution in [0, 0.1) is 0 Å². The molecule has 8 heteroatoms. The van der Waals surface area contributed by atoms with E-state index in [0.717, 1.165) is 5.69 Å². The number of aromatic nitrogens is 2. The second-order valence-corrected chi connectivity index (χ2v) is 6.49. The molecule has 2 rings (SSSR count). The molecule has 1 aromatic heterocycles. The van der Waals surface area contributed by atoms with Crippen LogP contribution < -0.4 is 10.5 Å². The van der Waals surface area contributed by atoms with Gasteiger partial charge in [0.25, 0.3) is 0 Å². The van der Waals surface area contributed by atoms with E-state index < -0.39 is 10.0 Å². The van der Waals surface area contributed by atoms with Gasteiger partial charge in [0.1, 0.15) is 0 Å². The van der Waals surface area contributed by atoms with Gasteiger partial charge < -0.3 is 5.73 Å². The topological polar surface area (TPSA) is 90.0 Å². The Morgan fingerprint density at radius 3 is 2.75 bits per heavy atom. The molecule has 0 saturated heterocycles. The molecule has 1 aromatic carbocycles. The first kappa shape index (κ1) is 14.8. The molecule has 0 aliphatic rings. The summed E-state index contributed by atoms with van der Waals surface area (Å²) in [5, 5.41) is 4.50. The normalized spacial score (nSPS) is 11.7. The van der Waals surface area contributed by atoms with Crippen LogP contribution in [0.3, 0.4) is 0 Å². The van der Waals surface area contributed by atoms with E-state index >= 15 is 0 Å². The Hall–Kier alpha value is -1.57. The van der Waals surface area contributed by atoms with Gasteiger partial charge in [-0.05, 0) is 24.3 Å². The standard InChI is InChI=1S/C12H15ClN4O2S/c1-17-7-5-9(16-17)4-6-15-20(18,19)10-2-3-11(13)12(14)8-10/h2-3,5,7-8,15H,4,6,14H2,1H3. The Kier molecular flexibility index (Phi) is 4.32. The fraction of sp³-hybridized carbons (Fsp3) is 0.250. The molecule has 6 nitrogen and oxygen atoms in total. The van der Waals surface area contributed by atoms with Crippen molar-refractivity contribution in [3.8, 4) is 0 Å². The number of nitrogens with zero attached hydrogens (tertiary/aromatic N) is 2. The zero-order valence-electron chi connectivity index (χ0n) is 10.9. The molecule has 0 aliphatic heterocycles. The third kappa shape index (κ3) is 3.50. The van der Waals surface area contributed by atoms with Crippen molar-refractivity contribution in [1.29, 1.82) is 0 Å². The molecule has 3 N–H and O–H groups in total. The lowest BCUT2D eigenvalue weighted by Gasteiger charge is -2.07. The number of rotatable bonds is 5. The van der Waals surface area contributed by atoms with Crippen LogP contribution in [-0.4, -0.2) is 24.7 Å². The summed E-state index contributed by atoms with van der Waals surface area (Å²) in [6.45, 7) is 0.266. The van der Waals surface area contributed by atoms with E-state index in [9.17, 15) is 8.42 Å². The van der Waals surface area contributed by atoms with Crippen molar-refractivity contribution in [2.75, 3.05) is 12.3 Å². The van der Waals surface area contributed by atoms with Crippen molar-refractivity contribution in [2.24, 2.45) is 7.05 Å². The summed E-state index contributed by atoms with van der Waals surface area (Å²) in [6, 6.07) is 6.06. The van der Waals surface area contributed by atoms with Gasteiger partial charge in [-0.2, -0.15) is 5.10 Å². The third-order valence-electron chi connectivity index (χ3n) is 2.72. The quantitative estimate of drug-likeness (QED) is 0.811. The summed E-state index contributed by atoms with van der Waals surface area (Å²) in [6.07, 6.45) is 2.33. The average molecular weight is 315 g/mol. The summed E-state index contributed by atoms with van der Waals surface area (Å²) in [5.74, 6) is 0. The molecule has 0 bridgehead atoms. The van der Waals surface area contributed by atoms with Gasteiger partial charge in [0, 0.05) is 26.2 Å². The van der Waals surface area contributed by atoms with E-state index in [1.807, 2.05) is 19.3 Å². The first-order chi connectivity index (χ1) is 9.38. The second kappa shape index (κ2) is 5.82. The van der Waals surface area contributed by atoms with Gasteiger partial charge >= 0.3 is 0 Å². The van der Waals surface area contributed by atoms with Gasteiger partial charge in [-0.1, -0.05) is 11.6 Å². The number of halogens is 1. The van der Waals surface area contributed by atoms with Crippen LogP contribution in [0.4, 0.5) is 5.69 Å². The molecule has 0 atom stereocenters. The maximum absolute atomic E-state index is 12.1. The second-order valence-electron chi connectivity index (χ2n) is 4.31. The molecule has 1 heterocycles. The first-order valence-corrected chi connectivity index (χ1v) is 7.78. The number of hydrogen-bond donors (Lipinski definition) is 2. The van der Waals surface area contributed by atoms with Gasteiger partial charge in [0.05, 0.1) is 21.3 Å². The van der Waals surface area contributed by atoms with E-state index in [1.165, 1.54) is 18.2 Å². The minimum absolute atomic E-state index is 0.0976. The van der Waals surface area contributed by atoms with Crippen LogP contribution in [0.5, 0.6) is 0 Å². The predicted molar refractivity (Wildman–Crippen MR) is 78.0 cm³/mol. The summed E-state index contributed by atoms with van der Waals surface area (Å²) in [5.41, 5.74) is 6.66. The number of anilines is 1. The highest BCUT2D eigenvalue weighted by atomic mass is 35.5. The SMILES string of the molecule is Cn1ccc(CCNS(=O)(=O)c2ccc(Cl)c(N)c2)n1. The molecule has 0 amide bonds. The molecule has 0 aliphatic carbocycles.